The van der Waals surface area contributed by atoms with Crippen LogP contribution in [0.2, 0.25) is 0 Å². The Kier molecular flexibility index (Phi) is 5.36. The third-order valence-electron chi connectivity index (χ3n) is 3.23. The summed E-state index contributed by atoms with van der Waals surface area (Å²) >= 11 is 0. The summed E-state index contributed by atoms with van der Waals surface area (Å²) < 4.78 is 15.3. The highest BCUT2D eigenvalue weighted by molar-refractivity contribution is 5.77. The Morgan fingerprint density at radius 3 is 2.77 bits per heavy atom. The molecule has 5 heteroatoms. The van der Waals surface area contributed by atoms with Gasteiger partial charge in [0.15, 0.2) is 0 Å². The molecule has 116 valence electrons. The maximum Gasteiger partial charge on any atom is 0.336 e. The summed E-state index contributed by atoms with van der Waals surface area (Å²) in [5.41, 5.74) is 1.16. The standard InChI is InChI=1S/C17H18O5/c1-12(3-7-16(18)20-2)9-10-21-14-6-4-13-5-8-17(19)22-15(13)11-14/h4-6,8-9,11H,3,7,10H2,1-2H3. The second-order valence-corrected chi connectivity index (χ2v) is 4.89. The maximum atomic E-state index is 11.2. The number of rotatable bonds is 6. The predicted octanol–water partition coefficient (Wildman–Crippen LogP) is 3.07. The van der Waals surface area contributed by atoms with Gasteiger partial charge in [-0.25, -0.2) is 4.79 Å². The summed E-state index contributed by atoms with van der Waals surface area (Å²) in [7, 11) is 1.38. The van der Waals surface area contributed by atoms with Crippen molar-refractivity contribution in [3.63, 3.8) is 0 Å². The predicted molar refractivity (Wildman–Crippen MR) is 83.0 cm³/mol. The summed E-state index contributed by atoms with van der Waals surface area (Å²) in [6, 6.07) is 8.44. The van der Waals surface area contributed by atoms with E-state index in [-0.39, 0.29) is 11.6 Å². The van der Waals surface area contributed by atoms with E-state index in [0.717, 1.165) is 11.0 Å². The second kappa shape index (κ2) is 7.45. The van der Waals surface area contributed by atoms with Crippen molar-refractivity contribution >= 4 is 16.9 Å². The first-order valence-electron chi connectivity index (χ1n) is 6.97. The summed E-state index contributed by atoms with van der Waals surface area (Å²) in [5.74, 6) is 0.400. The van der Waals surface area contributed by atoms with Crippen molar-refractivity contribution in [2.75, 3.05) is 13.7 Å². The van der Waals surface area contributed by atoms with Gasteiger partial charge < -0.3 is 13.9 Å². The van der Waals surface area contributed by atoms with Gasteiger partial charge in [0, 0.05) is 23.9 Å². The van der Waals surface area contributed by atoms with Crippen LogP contribution in [0.5, 0.6) is 5.75 Å². The molecule has 1 aromatic heterocycles. The summed E-state index contributed by atoms with van der Waals surface area (Å²) in [6.45, 7) is 2.32. The van der Waals surface area contributed by atoms with Crippen molar-refractivity contribution in [1.29, 1.82) is 0 Å². The molecule has 0 unspecified atom stereocenters. The number of carbonyl (C=O) groups excluding carboxylic acids is 1. The number of fused-ring (bicyclic) bond motifs is 1. The molecular formula is C17H18O5. The van der Waals surface area contributed by atoms with E-state index in [9.17, 15) is 9.59 Å². The molecule has 5 nitrogen and oxygen atoms in total. The Hall–Kier alpha value is -2.56. The van der Waals surface area contributed by atoms with E-state index in [1.54, 1.807) is 12.1 Å². The van der Waals surface area contributed by atoms with Gasteiger partial charge in [0.05, 0.1) is 7.11 Å². The molecular weight excluding hydrogens is 284 g/mol. The minimum Gasteiger partial charge on any atom is -0.489 e. The fourth-order valence-corrected chi connectivity index (χ4v) is 1.91. The van der Waals surface area contributed by atoms with Crippen molar-refractivity contribution in [2.45, 2.75) is 19.8 Å². The third-order valence-corrected chi connectivity index (χ3v) is 3.23. The number of allylic oxidation sites excluding steroid dienone is 1. The molecule has 0 fully saturated rings. The van der Waals surface area contributed by atoms with E-state index < -0.39 is 0 Å². The molecule has 0 atom stereocenters. The second-order valence-electron chi connectivity index (χ2n) is 4.89. The van der Waals surface area contributed by atoms with Gasteiger partial charge in [-0.1, -0.05) is 5.57 Å². The number of esters is 1. The fraction of sp³-hybridized carbons (Fsp3) is 0.294. The van der Waals surface area contributed by atoms with Crippen molar-refractivity contribution in [2.24, 2.45) is 0 Å². The van der Waals surface area contributed by atoms with Gasteiger partial charge in [-0.15, -0.1) is 0 Å². The normalized spacial score (nSPS) is 11.5. The van der Waals surface area contributed by atoms with Crippen LogP contribution in [0, 0.1) is 0 Å². The zero-order valence-electron chi connectivity index (χ0n) is 12.6. The Bertz CT molecular complexity index is 742. The molecule has 0 aliphatic heterocycles. The van der Waals surface area contributed by atoms with E-state index in [4.69, 9.17) is 9.15 Å². The van der Waals surface area contributed by atoms with Crippen LogP contribution < -0.4 is 10.4 Å². The lowest BCUT2D eigenvalue weighted by Gasteiger charge is -2.05. The van der Waals surface area contributed by atoms with Gasteiger partial charge in [0.25, 0.3) is 0 Å². The third kappa shape index (κ3) is 4.48. The van der Waals surface area contributed by atoms with Crippen molar-refractivity contribution in [3.8, 4) is 5.75 Å². The Morgan fingerprint density at radius 2 is 2.00 bits per heavy atom. The van der Waals surface area contributed by atoms with E-state index >= 15 is 0 Å². The molecule has 2 rings (SSSR count). The Labute approximate surface area is 128 Å². The number of hydrogen-bond donors (Lipinski definition) is 0. The van der Waals surface area contributed by atoms with Crippen LogP contribution in [0.15, 0.2) is 51.2 Å². The van der Waals surface area contributed by atoms with Gasteiger partial charge in [-0.3, -0.25) is 4.79 Å². The van der Waals surface area contributed by atoms with Crippen molar-refractivity contribution in [3.05, 3.63) is 52.4 Å². The van der Waals surface area contributed by atoms with E-state index in [2.05, 4.69) is 4.74 Å². The van der Waals surface area contributed by atoms with Crippen LogP contribution in [0.4, 0.5) is 0 Å². The molecule has 0 spiro atoms. The molecule has 0 saturated heterocycles. The molecule has 0 bridgehead atoms. The van der Waals surface area contributed by atoms with E-state index in [0.29, 0.717) is 30.8 Å². The number of ether oxygens (including phenoxy) is 2. The first-order valence-corrected chi connectivity index (χ1v) is 6.97. The summed E-state index contributed by atoms with van der Waals surface area (Å²) in [5, 5.41) is 0.844. The van der Waals surface area contributed by atoms with E-state index in [1.807, 2.05) is 25.1 Å². The van der Waals surface area contributed by atoms with Crippen molar-refractivity contribution in [1.82, 2.24) is 0 Å². The highest BCUT2D eigenvalue weighted by Crippen LogP contribution is 2.19. The highest BCUT2D eigenvalue weighted by Gasteiger charge is 2.02. The maximum absolute atomic E-state index is 11.2. The lowest BCUT2D eigenvalue weighted by Crippen LogP contribution is -2.00. The Morgan fingerprint density at radius 1 is 1.23 bits per heavy atom. The smallest absolute Gasteiger partial charge is 0.336 e. The van der Waals surface area contributed by atoms with Gasteiger partial charge in [0.1, 0.15) is 17.9 Å². The minimum atomic E-state index is -0.386. The SMILES string of the molecule is COC(=O)CCC(C)=CCOc1ccc2ccc(=O)oc2c1. The first-order chi connectivity index (χ1) is 10.6. The van der Waals surface area contributed by atoms with Crippen LogP contribution in [0.1, 0.15) is 19.8 Å². The number of carbonyl (C=O) groups is 1. The molecule has 0 radical (unpaired) electrons. The Balaban J connectivity index is 1.94. The molecule has 1 aromatic carbocycles. The van der Waals surface area contributed by atoms with Crippen LogP contribution in [-0.2, 0) is 9.53 Å². The van der Waals surface area contributed by atoms with Crippen LogP contribution in [0.25, 0.3) is 11.0 Å². The van der Waals surface area contributed by atoms with Crippen LogP contribution >= 0.6 is 0 Å². The molecule has 2 aromatic rings. The van der Waals surface area contributed by atoms with Crippen LogP contribution in [-0.4, -0.2) is 19.7 Å². The summed E-state index contributed by atoms with van der Waals surface area (Å²) in [4.78, 5) is 22.2. The molecule has 0 amide bonds. The highest BCUT2D eigenvalue weighted by atomic mass is 16.5. The van der Waals surface area contributed by atoms with Gasteiger partial charge >= 0.3 is 11.6 Å². The minimum absolute atomic E-state index is 0.224. The van der Waals surface area contributed by atoms with Gasteiger partial charge in [-0.2, -0.15) is 0 Å². The molecule has 22 heavy (non-hydrogen) atoms. The molecule has 1 heterocycles. The number of benzene rings is 1. The van der Waals surface area contributed by atoms with Gasteiger partial charge in [-0.05, 0) is 37.6 Å². The average molecular weight is 302 g/mol. The fourth-order valence-electron chi connectivity index (χ4n) is 1.91. The van der Waals surface area contributed by atoms with E-state index in [1.165, 1.54) is 13.2 Å². The zero-order chi connectivity index (χ0) is 15.9. The lowest BCUT2D eigenvalue weighted by molar-refractivity contribution is -0.140. The number of methoxy groups -OCH3 is 1. The van der Waals surface area contributed by atoms with Gasteiger partial charge in [0.2, 0.25) is 0 Å². The lowest BCUT2D eigenvalue weighted by atomic mass is 10.1. The number of hydrogen-bond acceptors (Lipinski definition) is 5. The average Bonchev–Trinajstić information content (AvgIpc) is 2.52. The topological polar surface area (TPSA) is 65.7 Å². The monoisotopic (exact) mass is 302 g/mol. The zero-order valence-corrected chi connectivity index (χ0v) is 12.6. The quantitative estimate of drug-likeness (QED) is 0.466. The molecule has 0 aliphatic carbocycles. The first kappa shape index (κ1) is 15.8. The molecule has 0 aliphatic rings. The van der Waals surface area contributed by atoms with Crippen molar-refractivity contribution < 1.29 is 18.7 Å². The molecule has 0 N–H and O–H groups in total. The molecule has 0 saturated carbocycles. The largest absolute Gasteiger partial charge is 0.489 e. The van der Waals surface area contributed by atoms with Crippen LogP contribution in [0.3, 0.4) is 0 Å². The summed E-state index contributed by atoms with van der Waals surface area (Å²) in [6.07, 6.45) is 2.91.